The number of nitrogens with one attached hydrogen (secondary N) is 2. The van der Waals surface area contributed by atoms with Gasteiger partial charge in [-0.25, -0.2) is 4.79 Å². The molecule has 134 valence electrons. The number of nitro groups is 1. The summed E-state index contributed by atoms with van der Waals surface area (Å²) in [5.74, 6) is -0.363. The van der Waals surface area contributed by atoms with Crippen LogP contribution in [0.3, 0.4) is 0 Å². The molecular formula is C14H23N5O5. The Morgan fingerprint density at radius 3 is 2.62 bits per heavy atom. The number of carbonyl (C=O) groups excluding carboxylic acids is 2. The van der Waals surface area contributed by atoms with E-state index in [4.69, 9.17) is 4.74 Å². The zero-order valence-corrected chi connectivity index (χ0v) is 14.2. The van der Waals surface area contributed by atoms with E-state index in [-0.39, 0.29) is 30.7 Å². The maximum atomic E-state index is 11.8. The van der Waals surface area contributed by atoms with Crippen molar-refractivity contribution < 1.29 is 19.2 Å². The van der Waals surface area contributed by atoms with Crippen LogP contribution in [0.25, 0.3) is 0 Å². The number of amides is 2. The Morgan fingerprint density at radius 1 is 1.46 bits per heavy atom. The highest BCUT2D eigenvalue weighted by molar-refractivity contribution is 5.75. The van der Waals surface area contributed by atoms with Crippen molar-refractivity contribution in [1.82, 2.24) is 20.4 Å². The van der Waals surface area contributed by atoms with Gasteiger partial charge in [0.15, 0.2) is 0 Å². The topological polar surface area (TPSA) is 128 Å². The van der Waals surface area contributed by atoms with Gasteiger partial charge in [-0.1, -0.05) is 6.92 Å². The van der Waals surface area contributed by atoms with Crippen LogP contribution in [0.2, 0.25) is 0 Å². The predicted molar refractivity (Wildman–Crippen MR) is 85.3 cm³/mol. The molecule has 1 heterocycles. The summed E-state index contributed by atoms with van der Waals surface area (Å²) < 4.78 is 6.33. The van der Waals surface area contributed by atoms with Crippen LogP contribution in [0, 0.1) is 10.1 Å². The van der Waals surface area contributed by atoms with Gasteiger partial charge in [-0.05, 0) is 27.2 Å². The van der Waals surface area contributed by atoms with Gasteiger partial charge >= 0.3 is 11.8 Å². The number of rotatable bonds is 7. The minimum absolute atomic E-state index is 0.142. The van der Waals surface area contributed by atoms with Crippen LogP contribution in [0.5, 0.6) is 0 Å². The number of hydrogen-bond acceptors (Lipinski definition) is 6. The summed E-state index contributed by atoms with van der Waals surface area (Å²) in [6.07, 6.45) is 2.31. The van der Waals surface area contributed by atoms with E-state index in [1.165, 1.54) is 10.9 Å². The first-order valence-corrected chi connectivity index (χ1v) is 7.53. The molecule has 0 saturated carbocycles. The average molecular weight is 341 g/mol. The summed E-state index contributed by atoms with van der Waals surface area (Å²) in [6.45, 7) is 7.23. The fourth-order valence-electron chi connectivity index (χ4n) is 1.75. The molecule has 0 saturated heterocycles. The first-order chi connectivity index (χ1) is 11.1. The Bertz CT molecular complexity index is 593. The van der Waals surface area contributed by atoms with Crippen molar-refractivity contribution in [2.24, 2.45) is 0 Å². The number of aromatic nitrogens is 2. The molecule has 0 aliphatic heterocycles. The second kappa shape index (κ2) is 8.27. The van der Waals surface area contributed by atoms with Crippen molar-refractivity contribution in [2.75, 3.05) is 6.54 Å². The van der Waals surface area contributed by atoms with Gasteiger partial charge in [0.25, 0.3) is 0 Å². The maximum absolute atomic E-state index is 11.8. The van der Waals surface area contributed by atoms with Crippen molar-refractivity contribution in [2.45, 2.75) is 52.3 Å². The Hall–Kier alpha value is -2.65. The second-order valence-electron chi connectivity index (χ2n) is 6.21. The van der Waals surface area contributed by atoms with Crippen LogP contribution in [0.4, 0.5) is 10.5 Å². The average Bonchev–Trinajstić information content (AvgIpc) is 2.90. The lowest BCUT2D eigenvalue weighted by molar-refractivity contribution is -0.385. The summed E-state index contributed by atoms with van der Waals surface area (Å²) in [5.41, 5.74) is -0.777. The smallest absolute Gasteiger partial charge is 0.407 e. The van der Waals surface area contributed by atoms with E-state index in [0.717, 1.165) is 6.20 Å². The van der Waals surface area contributed by atoms with Crippen molar-refractivity contribution >= 4 is 17.7 Å². The van der Waals surface area contributed by atoms with Crippen LogP contribution in [0.15, 0.2) is 12.4 Å². The summed E-state index contributed by atoms with van der Waals surface area (Å²) in [7, 11) is 0. The molecule has 0 aromatic carbocycles. The molecule has 0 spiro atoms. The molecule has 0 bridgehead atoms. The van der Waals surface area contributed by atoms with Gasteiger partial charge in [0.2, 0.25) is 5.91 Å². The number of hydrogen-bond donors (Lipinski definition) is 2. The van der Waals surface area contributed by atoms with Crippen LogP contribution in [0.1, 0.15) is 34.1 Å². The van der Waals surface area contributed by atoms with Crippen LogP contribution >= 0.6 is 0 Å². The molecule has 0 unspecified atom stereocenters. The lowest BCUT2D eigenvalue weighted by atomic mass is 10.2. The second-order valence-corrected chi connectivity index (χ2v) is 6.21. The van der Waals surface area contributed by atoms with E-state index < -0.39 is 16.6 Å². The highest BCUT2D eigenvalue weighted by Gasteiger charge is 2.19. The summed E-state index contributed by atoms with van der Waals surface area (Å²) in [4.78, 5) is 33.5. The van der Waals surface area contributed by atoms with Gasteiger partial charge in [0.1, 0.15) is 24.5 Å². The van der Waals surface area contributed by atoms with E-state index in [2.05, 4.69) is 15.7 Å². The molecule has 10 nitrogen and oxygen atoms in total. The fourth-order valence-corrected chi connectivity index (χ4v) is 1.75. The minimum atomic E-state index is -0.597. The molecule has 10 heteroatoms. The Balaban J connectivity index is 2.42. The largest absolute Gasteiger partial charge is 0.444 e. The lowest BCUT2D eigenvalue weighted by Crippen LogP contribution is -2.45. The molecule has 0 aliphatic rings. The highest BCUT2D eigenvalue weighted by Crippen LogP contribution is 2.08. The van der Waals surface area contributed by atoms with E-state index in [1.807, 2.05) is 6.92 Å². The summed E-state index contributed by atoms with van der Waals surface area (Å²) in [5, 5.41) is 19.6. The van der Waals surface area contributed by atoms with Crippen molar-refractivity contribution in [3.8, 4) is 0 Å². The first kappa shape index (κ1) is 19.4. The third-order valence-electron chi connectivity index (χ3n) is 2.90. The number of carbonyl (C=O) groups is 2. The van der Waals surface area contributed by atoms with Gasteiger partial charge in [-0.15, -0.1) is 0 Å². The Kier molecular flexibility index (Phi) is 6.69. The van der Waals surface area contributed by atoms with Gasteiger partial charge in [0, 0.05) is 12.6 Å². The van der Waals surface area contributed by atoms with Crippen LogP contribution in [-0.2, 0) is 16.1 Å². The fraction of sp³-hybridized carbons (Fsp3) is 0.643. The molecule has 1 aromatic rings. The molecule has 24 heavy (non-hydrogen) atoms. The third kappa shape index (κ3) is 7.07. The highest BCUT2D eigenvalue weighted by atomic mass is 16.6. The molecule has 2 N–H and O–H groups in total. The molecule has 1 rings (SSSR count). The molecule has 0 radical (unpaired) electrons. The SMILES string of the molecule is CC[C@H](CNC(=O)Cn1cc([N+](=O)[O-])cn1)NC(=O)OC(C)(C)C. The Labute approximate surface area is 139 Å². The number of ether oxygens (including phenoxy) is 1. The Morgan fingerprint density at radius 2 is 2.12 bits per heavy atom. The predicted octanol–water partition coefficient (Wildman–Crippen LogP) is 1.21. The molecule has 2 amide bonds. The molecule has 1 atom stereocenters. The minimum Gasteiger partial charge on any atom is -0.444 e. The summed E-state index contributed by atoms with van der Waals surface area (Å²) in [6, 6.07) is -0.282. The monoisotopic (exact) mass is 341 g/mol. The van der Waals surface area contributed by atoms with Crippen molar-refractivity contribution in [3.05, 3.63) is 22.5 Å². The van der Waals surface area contributed by atoms with Gasteiger partial charge < -0.3 is 15.4 Å². The number of alkyl carbamates (subject to hydrolysis) is 1. The van der Waals surface area contributed by atoms with Crippen molar-refractivity contribution in [3.63, 3.8) is 0 Å². The zero-order valence-electron chi connectivity index (χ0n) is 14.2. The normalized spacial score (nSPS) is 12.3. The molecule has 1 aromatic heterocycles. The summed E-state index contributed by atoms with van der Waals surface area (Å²) >= 11 is 0. The van der Waals surface area contributed by atoms with Gasteiger partial charge in [0.05, 0.1) is 4.92 Å². The van der Waals surface area contributed by atoms with E-state index in [1.54, 1.807) is 20.8 Å². The lowest BCUT2D eigenvalue weighted by Gasteiger charge is -2.23. The third-order valence-corrected chi connectivity index (χ3v) is 2.90. The molecular weight excluding hydrogens is 318 g/mol. The van der Waals surface area contributed by atoms with Gasteiger partial charge in [-0.2, -0.15) is 5.10 Å². The molecule has 0 aliphatic carbocycles. The zero-order chi connectivity index (χ0) is 18.3. The number of nitrogens with zero attached hydrogens (tertiary/aromatic N) is 3. The van der Waals surface area contributed by atoms with Crippen molar-refractivity contribution in [1.29, 1.82) is 0 Å². The molecule has 0 fully saturated rings. The van der Waals surface area contributed by atoms with E-state index >= 15 is 0 Å². The first-order valence-electron chi connectivity index (χ1n) is 7.53. The van der Waals surface area contributed by atoms with Crippen LogP contribution < -0.4 is 10.6 Å². The van der Waals surface area contributed by atoms with E-state index in [0.29, 0.717) is 6.42 Å². The van der Waals surface area contributed by atoms with Crippen LogP contribution in [-0.4, -0.2) is 44.9 Å². The quantitative estimate of drug-likeness (QED) is 0.566. The maximum Gasteiger partial charge on any atom is 0.407 e. The van der Waals surface area contributed by atoms with Gasteiger partial charge in [-0.3, -0.25) is 19.6 Å². The standard InChI is InChI=1S/C14H23N5O5/c1-5-10(17-13(21)24-14(2,3)4)6-15-12(20)9-18-8-11(7-16-18)19(22)23/h7-8,10H,5-6,9H2,1-4H3,(H,15,20)(H,17,21)/t10-/m1/s1. The van der Waals surface area contributed by atoms with E-state index in [9.17, 15) is 19.7 Å².